The number of likely N-dealkylation sites (N-methyl/N-ethyl adjacent to an activating group) is 2. The summed E-state index contributed by atoms with van der Waals surface area (Å²) in [5, 5.41) is 0. The highest BCUT2D eigenvalue weighted by atomic mass is 15.2. The first kappa shape index (κ1) is 16.5. The van der Waals surface area contributed by atoms with E-state index in [9.17, 15) is 0 Å². The molecule has 3 unspecified atom stereocenters. The fourth-order valence-electron chi connectivity index (χ4n) is 3.59. The van der Waals surface area contributed by atoms with Crippen molar-refractivity contribution in [3.8, 4) is 0 Å². The van der Waals surface area contributed by atoms with Crippen LogP contribution in [0.3, 0.4) is 0 Å². The predicted molar refractivity (Wildman–Crippen MR) is 90.5 cm³/mol. The molecule has 1 aromatic rings. The molecule has 0 bridgehead atoms. The third kappa shape index (κ3) is 3.85. The van der Waals surface area contributed by atoms with Gasteiger partial charge in [-0.2, -0.15) is 0 Å². The van der Waals surface area contributed by atoms with E-state index in [1.165, 1.54) is 30.5 Å². The van der Waals surface area contributed by atoms with Gasteiger partial charge in [0.15, 0.2) is 0 Å². The Morgan fingerprint density at radius 3 is 2.71 bits per heavy atom. The van der Waals surface area contributed by atoms with Crippen LogP contribution in [0.4, 0.5) is 0 Å². The maximum atomic E-state index is 6.51. The topological polar surface area (TPSA) is 32.5 Å². The number of piperidine rings is 1. The van der Waals surface area contributed by atoms with E-state index in [-0.39, 0.29) is 6.04 Å². The van der Waals surface area contributed by atoms with E-state index >= 15 is 0 Å². The molecule has 3 heteroatoms. The van der Waals surface area contributed by atoms with Crippen LogP contribution in [0.1, 0.15) is 43.4 Å². The second-order valence-corrected chi connectivity index (χ2v) is 6.60. The summed E-state index contributed by atoms with van der Waals surface area (Å²) in [5.74, 6) is 0. The van der Waals surface area contributed by atoms with Crippen LogP contribution in [0.15, 0.2) is 24.3 Å². The molecule has 0 radical (unpaired) electrons. The molecule has 1 aliphatic rings. The highest BCUT2D eigenvalue weighted by molar-refractivity contribution is 5.30. The van der Waals surface area contributed by atoms with Crippen LogP contribution in [-0.2, 0) is 0 Å². The Morgan fingerprint density at radius 1 is 1.38 bits per heavy atom. The first-order valence-electron chi connectivity index (χ1n) is 8.26. The van der Waals surface area contributed by atoms with Crippen molar-refractivity contribution in [2.75, 3.05) is 27.2 Å². The molecule has 21 heavy (non-hydrogen) atoms. The Kier molecular flexibility index (Phi) is 5.80. The molecule has 3 nitrogen and oxygen atoms in total. The average Bonchev–Trinajstić information content (AvgIpc) is 2.49. The summed E-state index contributed by atoms with van der Waals surface area (Å²) in [6.07, 6.45) is 3.57. The maximum Gasteiger partial charge on any atom is 0.0502 e. The molecular formula is C18H31N3. The lowest BCUT2D eigenvalue weighted by atomic mass is 9.91. The van der Waals surface area contributed by atoms with Gasteiger partial charge in [0.2, 0.25) is 0 Å². The molecular weight excluding hydrogens is 258 g/mol. The van der Waals surface area contributed by atoms with E-state index in [1.54, 1.807) is 0 Å². The molecule has 1 fully saturated rings. The van der Waals surface area contributed by atoms with Crippen LogP contribution >= 0.6 is 0 Å². The molecule has 118 valence electrons. The zero-order valence-electron chi connectivity index (χ0n) is 14.0. The molecule has 1 aliphatic heterocycles. The Bertz CT molecular complexity index is 446. The molecule has 0 amide bonds. The molecule has 3 atom stereocenters. The van der Waals surface area contributed by atoms with Gasteiger partial charge < -0.3 is 10.6 Å². The van der Waals surface area contributed by atoms with Gasteiger partial charge in [0.25, 0.3) is 0 Å². The van der Waals surface area contributed by atoms with Crippen molar-refractivity contribution >= 4 is 0 Å². The summed E-state index contributed by atoms with van der Waals surface area (Å²) in [4.78, 5) is 4.98. The van der Waals surface area contributed by atoms with Gasteiger partial charge in [-0.1, -0.05) is 31.2 Å². The van der Waals surface area contributed by atoms with Gasteiger partial charge in [-0.05, 0) is 58.0 Å². The third-order valence-electron chi connectivity index (χ3n) is 5.00. The smallest absolute Gasteiger partial charge is 0.0502 e. The number of likely N-dealkylation sites (tertiary alicyclic amines) is 1. The molecule has 0 aliphatic carbocycles. The second kappa shape index (κ2) is 7.39. The number of nitrogens with two attached hydrogens (primary N) is 1. The highest BCUT2D eigenvalue weighted by Crippen LogP contribution is 2.30. The van der Waals surface area contributed by atoms with Crippen LogP contribution in [0.5, 0.6) is 0 Å². The third-order valence-corrected chi connectivity index (χ3v) is 5.00. The first-order chi connectivity index (χ1) is 10.0. The Hall–Kier alpha value is -0.900. The summed E-state index contributed by atoms with van der Waals surface area (Å²) in [5.41, 5.74) is 9.25. The maximum absolute atomic E-state index is 6.51. The van der Waals surface area contributed by atoms with E-state index in [0.29, 0.717) is 12.1 Å². The van der Waals surface area contributed by atoms with Gasteiger partial charge in [-0.3, -0.25) is 4.90 Å². The standard InChI is InChI=1S/C18H31N3/c1-5-17(19)18(16-11-7-6-9-14(16)2)21(4)15-10-8-12-20(3)13-15/h6-7,9,11,15,17-18H,5,8,10,12-13,19H2,1-4H3. The van der Waals surface area contributed by atoms with Crippen LogP contribution in [-0.4, -0.2) is 49.1 Å². The lowest BCUT2D eigenvalue weighted by molar-refractivity contribution is 0.0858. The zero-order valence-corrected chi connectivity index (χ0v) is 14.0. The van der Waals surface area contributed by atoms with E-state index in [2.05, 4.69) is 62.0 Å². The van der Waals surface area contributed by atoms with Crippen molar-refractivity contribution < 1.29 is 0 Å². The number of nitrogens with zero attached hydrogens (tertiary/aromatic N) is 2. The SMILES string of the molecule is CCC(N)C(c1ccccc1C)N(C)C1CCCN(C)C1. The number of rotatable bonds is 5. The Labute approximate surface area is 130 Å². The monoisotopic (exact) mass is 289 g/mol. The summed E-state index contributed by atoms with van der Waals surface area (Å²) in [6, 6.07) is 9.80. The summed E-state index contributed by atoms with van der Waals surface area (Å²) in [7, 11) is 4.49. The summed E-state index contributed by atoms with van der Waals surface area (Å²) >= 11 is 0. The molecule has 2 rings (SSSR count). The minimum absolute atomic E-state index is 0.184. The number of hydrogen-bond acceptors (Lipinski definition) is 3. The molecule has 1 saturated heterocycles. The Balaban J connectivity index is 2.25. The van der Waals surface area contributed by atoms with Gasteiger partial charge in [0, 0.05) is 18.6 Å². The number of benzene rings is 1. The summed E-state index contributed by atoms with van der Waals surface area (Å²) < 4.78 is 0. The van der Waals surface area contributed by atoms with Gasteiger partial charge in [0.05, 0.1) is 6.04 Å². The van der Waals surface area contributed by atoms with E-state index in [1.807, 2.05) is 0 Å². The molecule has 0 spiro atoms. The molecule has 2 N–H and O–H groups in total. The van der Waals surface area contributed by atoms with Gasteiger partial charge in [0.1, 0.15) is 0 Å². The molecule has 0 saturated carbocycles. The van der Waals surface area contributed by atoms with Crippen LogP contribution in [0.25, 0.3) is 0 Å². The van der Waals surface area contributed by atoms with Crippen LogP contribution in [0.2, 0.25) is 0 Å². The van der Waals surface area contributed by atoms with Crippen molar-refractivity contribution in [1.29, 1.82) is 0 Å². The lowest BCUT2D eigenvalue weighted by Crippen LogP contribution is -2.50. The van der Waals surface area contributed by atoms with Crippen molar-refractivity contribution in [3.05, 3.63) is 35.4 Å². The Morgan fingerprint density at radius 2 is 2.10 bits per heavy atom. The lowest BCUT2D eigenvalue weighted by Gasteiger charge is -2.42. The van der Waals surface area contributed by atoms with Crippen molar-refractivity contribution in [3.63, 3.8) is 0 Å². The van der Waals surface area contributed by atoms with E-state index in [0.717, 1.165) is 13.0 Å². The second-order valence-electron chi connectivity index (χ2n) is 6.60. The number of aryl methyl sites for hydroxylation is 1. The molecule has 0 aromatic heterocycles. The van der Waals surface area contributed by atoms with Crippen molar-refractivity contribution in [1.82, 2.24) is 9.80 Å². The zero-order chi connectivity index (χ0) is 15.4. The predicted octanol–water partition coefficient (Wildman–Crippen LogP) is 2.80. The van der Waals surface area contributed by atoms with Crippen molar-refractivity contribution in [2.45, 2.75) is 51.2 Å². The normalized spacial score (nSPS) is 23.2. The fourth-order valence-corrected chi connectivity index (χ4v) is 3.59. The minimum Gasteiger partial charge on any atom is -0.326 e. The fraction of sp³-hybridized carbons (Fsp3) is 0.667. The largest absolute Gasteiger partial charge is 0.326 e. The molecule has 1 aromatic carbocycles. The molecule has 1 heterocycles. The van der Waals surface area contributed by atoms with E-state index in [4.69, 9.17) is 5.73 Å². The van der Waals surface area contributed by atoms with Crippen LogP contribution in [0, 0.1) is 6.92 Å². The van der Waals surface area contributed by atoms with E-state index < -0.39 is 0 Å². The first-order valence-corrected chi connectivity index (χ1v) is 8.26. The van der Waals surface area contributed by atoms with Gasteiger partial charge in [-0.15, -0.1) is 0 Å². The minimum atomic E-state index is 0.184. The quantitative estimate of drug-likeness (QED) is 0.904. The van der Waals surface area contributed by atoms with Crippen molar-refractivity contribution in [2.24, 2.45) is 5.73 Å². The highest BCUT2D eigenvalue weighted by Gasteiger charge is 2.31. The summed E-state index contributed by atoms with van der Waals surface area (Å²) in [6.45, 7) is 6.76. The average molecular weight is 289 g/mol. The van der Waals surface area contributed by atoms with Crippen LogP contribution < -0.4 is 5.73 Å². The number of hydrogen-bond donors (Lipinski definition) is 1. The van der Waals surface area contributed by atoms with Gasteiger partial charge in [-0.25, -0.2) is 0 Å². The van der Waals surface area contributed by atoms with Gasteiger partial charge >= 0.3 is 0 Å².